The highest BCUT2D eigenvalue weighted by Crippen LogP contribution is 2.36. The van der Waals surface area contributed by atoms with Crippen LogP contribution in [0.4, 0.5) is 13.9 Å². The van der Waals surface area contributed by atoms with E-state index >= 15 is 0 Å². The predicted octanol–water partition coefficient (Wildman–Crippen LogP) is 4.77. The zero-order valence-electron chi connectivity index (χ0n) is 14.7. The molecule has 1 aliphatic carbocycles. The van der Waals surface area contributed by atoms with Crippen molar-refractivity contribution in [3.8, 4) is 10.7 Å². The number of carbonyl (C=O) groups is 1. The maximum Gasteiger partial charge on any atom is 0.320 e. The number of carbonyl (C=O) groups excluding carboxylic acids is 1. The van der Waals surface area contributed by atoms with Gasteiger partial charge in [0.1, 0.15) is 0 Å². The van der Waals surface area contributed by atoms with Gasteiger partial charge in [0.15, 0.2) is 11.0 Å². The lowest BCUT2D eigenvalue weighted by molar-refractivity contribution is -0.117. The third-order valence-electron chi connectivity index (χ3n) is 4.79. The van der Waals surface area contributed by atoms with Crippen molar-refractivity contribution in [2.75, 3.05) is 5.32 Å². The SMILES string of the molecule is Cc1nc(NC(=O)[C@H]2CCCc3ccccc32)sc1-c1nccn1C(F)F. The number of anilines is 1. The Hall–Kier alpha value is -2.61. The Morgan fingerprint density at radius 2 is 2.19 bits per heavy atom. The van der Waals surface area contributed by atoms with E-state index < -0.39 is 6.55 Å². The molecule has 1 amide bonds. The molecule has 0 radical (unpaired) electrons. The van der Waals surface area contributed by atoms with Crippen molar-refractivity contribution in [3.63, 3.8) is 0 Å². The Labute approximate surface area is 159 Å². The highest BCUT2D eigenvalue weighted by Gasteiger charge is 2.27. The molecule has 1 atom stereocenters. The van der Waals surface area contributed by atoms with Gasteiger partial charge in [-0.15, -0.1) is 0 Å². The Morgan fingerprint density at radius 3 is 3.00 bits per heavy atom. The second kappa shape index (κ2) is 7.19. The summed E-state index contributed by atoms with van der Waals surface area (Å²) in [5.41, 5.74) is 2.83. The maximum absolute atomic E-state index is 13.1. The number of amides is 1. The number of fused-ring (bicyclic) bond motifs is 1. The lowest BCUT2D eigenvalue weighted by atomic mass is 9.82. The summed E-state index contributed by atoms with van der Waals surface area (Å²) in [6.45, 7) is -0.956. The number of imidazole rings is 1. The molecule has 2 aromatic heterocycles. The number of aryl methyl sites for hydroxylation is 2. The van der Waals surface area contributed by atoms with Crippen molar-refractivity contribution >= 4 is 22.4 Å². The van der Waals surface area contributed by atoms with Crippen molar-refractivity contribution < 1.29 is 13.6 Å². The summed E-state index contributed by atoms with van der Waals surface area (Å²) in [6.07, 6.45) is 5.30. The summed E-state index contributed by atoms with van der Waals surface area (Å²) >= 11 is 1.16. The molecule has 1 aromatic carbocycles. The van der Waals surface area contributed by atoms with Crippen LogP contribution < -0.4 is 5.32 Å². The zero-order valence-corrected chi connectivity index (χ0v) is 15.5. The molecule has 0 spiro atoms. The van der Waals surface area contributed by atoms with Crippen LogP contribution in [0.15, 0.2) is 36.7 Å². The first-order chi connectivity index (χ1) is 13.0. The number of nitrogens with one attached hydrogen (secondary N) is 1. The quantitative estimate of drug-likeness (QED) is 0.700. The molecule has 3 aromatic rings. The molecular weight excluding hydrogens is 370 g/mol. The van der Waals surface area contributed by atoms with Crippen LogP contribution in [0, 0.1) is 6.92 Å². The third-order valence-corrected chi connectivity index (χ3v) is 5.86. The first kappa shape index (κ1) is 17.8. The molecule has 0 unspecified atom stereocenters. The van der Waals surface area contributed by atoms with Gasteiger partial charge in [-0.2, -0.15) is 8.78 Å². The summed E-state index contributed by atoms with van der Waals surface area (Å²) < 4.78 is 27.0. The average molecular weight is 388 g/mol. The number of thiazole rings is 1. The monoisotopic (exact) mass is 388 g/mol. The molecule has 1 N–H and O–H groups in total. The first-order valence-corrected chi connectivity index (χ1v) is 9.53. The van der Waals surface area contributed by atoms with Crippen LogP contribution in [-0.4, -0.2) is 20.4 Å². The predicted molar refractivity (Wildman–Crippen MR) is 100 cm³/mol. The molecule has 2 heterocycles. The number of nitrogens with zero attached hydrogens (tertiary/aromatic N) is 3. The second-order valence-corrected chi connectivity index (χ2v) is 7.50. The van der Waals surface area contributed by atoms with Crippen molar-refractivity contribution in [1.29, 1.82) is 0 Å². The molecule has 0 fully saturated rings. The summed E-state index contributed by atoms with van der Waals surface area (Å²) in [4.78, 5) is 21.7. The summed E-state index contributed by atoms with van der Waals surface area (Å²) in [5.74, 6) is -0.172. The van der Waals surface area contributed by atoms with E-state index in [-0.39, 0.29) is 17.6 Å². The Balaban J connectivity index is 1.58. The standard InChI is InChI=1S/C19H18F2N4OS/c1-11-15(16-22-9-10-25(16)18(20)21)27-19(23-11)24-17(26)14-8-4-6-12-5-2-3-7-13(12)14/h2-3,5,7,9-10,14,18H,4,6,8H2,1H3,(H,23,24,26)/t14-/m0/s1. The molecule has 4 rings (SSSR count). The zero-order chi connectivity index (χ0) is 19.0. The number of hydrogen-bond acceptors (Lipinski definition) is 4. The number of halogens is 2. The molecule has 5 nitrogen and oxygen atoms in total. The molecule has 1 aliphatic rings. The van der Waals surface area contributed by atoms with Crippen LogP contribution in [0.3, 0.4) is 0 Å². The minimum atomic E-state index is -2.68. The molecule has 0 saturated carbocycles. The topological polar surface area (TPSA) is 59.8 Å². The van der Waals surface area contributed by atoms with Gasteiger partial charge in [-0.1, -0.05) is 35.6 Å². The maximum atomic E-state index is 13.1. The van der Waals surface area contributed by atoms with E-state index in [1.54, 1.807) is 6.92 Å². The number of benzene rings is 1. The fourth-order valence-corrected chi connectivity index (χ4v) is 4.49. The van der Waals surface area contributed by atoms with Crippen molar-refractivity contribution in [2.24, 2.45) is 0 Å². The fourth-order valence-electron chi connectivity index (χ4n) is 3.52. The van der Waals surface area contributed by atoms with E-state index in [4.69, 9.17) is 0 Å². The van der Waals surface area contributed by atoms with E-state index in [9.17, 15) is 13.6 Å². The summed E-state index contributed by atoms with van der Waals surface area (Å²) in [5, 5.41) is 3.27. The second-order valence-electron chi connectivity index (χ2n) is 6.50. The Bertz CT molecular complexity index is 982. The first-order valence-electron chi connectivity index (χ1n) is 8.72. The van der Waals surface area contributed by atoms with Gasteiger partial charge >= 0.3 is 6.55 Å². The van der Waals surface area contributed by atoms with Crippen LogP contribution in [0.25, 0.3) is 10.7 Å². The Morgan fingerprint density at radius 1 is 1.37 bits per heavy atom. The van der Waals surface area contributed by atoms with Crippen LogP contribution in [0.1, 0.15) is 42.1 Å². The van der Waals surface area contributed by atoms with Crippen LogP contribution in [-0.2, 0) is 11.2 Å². The van der Waals surface area contributed by atoms with Gasteiger partial charge in [-0.3, -0.25) is 9.36 Å². The summed E-state index contributed by atoms with van der Waals surface area (Å²) in [6, 6.07) is 7.99. The molecule has 140 valence electrons. The smallest absolute Gasteiger partial charge is 0.301 e. The van der Waals surface area contributed by atoms with E-state index in [1.165, 1.54) is 18.0 Å². The van der Waals surface area contributed by atoms with Gasteiger partial charge in [0, 0.05) is 12.4 Å². The van der Waals surface area contributed by atoms with Gasteiger partial charge in [-0.05, 0) is 37.3 Å². The fraction of sp³-hybridized carbons (Fsp3) is 0.316. The average Bonchev–Trinajstić information content (AvgIpc) is 3.27. The Kier molecular flexibility index (Phi) is 4.73. The van der Waals surface area contributed by atoms with Crippen LogP contribution in [0.5, 0.6) is 0 Å². The largest absolute Gasteiger partial charge is 0.320 e. The lowest BCUT2D eigenvalue weighted by Gasteiger charge is -2.24. The van der Waals surface area contributed by atoms with Crippen LogP contribution >= 0.6 is 11.3 Å². The van der Waals surface area contributed by atoms with Gasteiger partial charge in [0.25, 0.3) is 0 Å². The highest BCUT2D eigenvalue weighted by atomic mass is 32.1. The molecule has 0 saturated heterocycles. The van der Waals surface area contributed by atoms with Gasteiger partial charge < -0.3 is 5.32 Å². The van der Waals surface area contributed by atoms with E-state index in [0.29, 0.717) is 15.7 Å². The normalized spacial score (nSPS) is 16.4. The number of aromatic nitrogens is 3. The minimum absolute atomic E-state index is 0.111. The summed E-state index contributed by atoms with van der Waals surface area (Å²) in [7, 11) is 0. The van der Waals surface area contributed by atoms with E-state index in [2.05, 4.69) is 21.4 Å². The molecule has 27 heavy (non-hydrogen) atoms. The molecular formula is C19H18F2N4OS. The van der Waals surface area contributed by atoms with Crippen molar-refractivity contribution in [3.05, 3.63) is 53.5 Å². The molecule has 8 heteroatoms. The number of hydrogen-bond donors (Lipinski definition) is 1. The van der Waals surface area contributed by atoms with Crippen LogP contribution in [0.2, 0.25) is 0 Å². The molecule has 0 aliphatic heterocycles. The number of alkyl halides is 2. The number of rotatable bonds is 4. The van der Waals surface area contributed by atoms with Crippen molar-refractivity contribution in [2.45, 2.75) is 38.7 Å². The van der Waals surface area contributed by atoms with E-state index in [1.807, 2.05) is 18.2 Å². The lowest BCUT2D eigenvalue weighted by Crippen LogP contribution is -2.24. The van der Waals surface area contributed by atoms with E-state index in [0.717, 1.165) is 40.7 Å². The van der Waals surface area contributed by atoms with Gasteiger partial charge in [0.05, 0.1) is 16.5 Å². The highest BCUT2D eigenvalue weighted by molar-refractivity contribution is 7.19. The third kappa shape index (κ3) is 3.37. The van der Waals surface area contributed by atoms with Gasteiger partial charge in [-0.25, -0.2) is 9.97 Å². The minimum Gasteiger partial charge on any atom is -0.301 e. The van der Waals surface area contributed by atoms with Crippen molar-refractivity contribution in [1.82, 2.24) is 14.5 Å². The molecule has 0 bridgehead atoms. The van der Waals surface area contributed by atoms with Gasteiger partial charge in [0.2, 0.25) is 5.91 Å².